The second-order valence-electron chi connectivity index (χ2n) is 11.6. The van der Waals surface area contributed by atoms with E-state index >= 15 is 0 Å². The molecule has 0 saturated heterocycles. The van der Waals surface area contributed by atoms with Gasteiger partial charge in [-0.2, -0.15) is 13.2 Å². The number of halogens is 6. The maximum Gasteiger partial charge on any atom is 0.417 e. The number of hydrogen-bond donors (Lipinski definition) is 2. The normalized spacial score (nSPS) is 25.8. The summed E-state index contributed by atoms with van der Waals surface area (Å²) in [5.41, 5.74) is -2.06. The van der Waals surface area contributed by atoms with Gasteiger partial charge in [-0.15, -0.1) is 0 Å². The maximum absolute atomic E-state index is 14.9. The Kier molecular flexibility index (Phi) is 6.67. The molecule has 1 heterocycles. The number of aliphatic hydroxyl groups is 1. The molecule has 12 heteroatoms. The van der Waals surface area contributed by atoms with Crippen molar-refractivity contribution in [2.75, 3.05) is 6.61 Å². The highest BCUT2D eigenvalue weighted by Crippen LogP contribution is 2.61. The molecule has 6 nitrogen and oxygen atoms in total. The molecule has 3 unspecified atom stereocenters. The van der Waals surface area contributed by atoms with Crippen LogP contribution in [-0.4, -0.2) is 33.4 Å². The zero-order valence-electron chi connectivity index (χ0n) is 22.1. The lowest BCUT2D eigenvalue weighted by molar-refractivity contribution is -0.139. The average Bonchev–Trinajstić information content (AvgIpc) is 3.47. The van der Waals surface area contributed by atoms with Crippen molar-refractivity contribution in [1.29, 1.82) is 0 Å². The molecule has 1 aromatic heterocycles. The molecular formula is C30H25F6NO5. The Morgan fingerprint density at radius 2 is 1.74 bits per heavy atom. The second-order valence-corrected chi connectivity index (χ2v) is 11.6. The Bertz CT molecular complexity index is 1560. The quantitative estimate of drug-likeness (QED) is 0.299. The fourth-order valence-electron chi connectivity index (χ4n) is 6.39. The molecule has 0 aliphatic heterocycles. The molecule has 3 aliphatic rings. The van der Waals surface area contributed by atoms with Crippen molar-refractivity contribution in [3.05, 3.63) is 76.2 Å². The van der Waals surface area contributed by atoms with Crippen LogP contribution in [0, 0.1) is 35.2 Å². The van der Waals surface area contributed by atoms with Crippen molar-refractivity contribution in [1.82, 2.24) is 4.98 Å². The van der Waals surface area contributed by atoms with Gasteiger partial charge in [0.25, 0.3) is 0 Å². The van der Waals surface area contributed by atoms with Gasteiger partial charge in [-0.05, 0) is 84.5 Å². The number of benzene rings is 2. The molecule has 2 N–H and O–H groups in total. The summed E-state index contributed by atoms with van der Waals surface area (Å²) < 4.78 is 96.9. The van der Waals surface area contributed by atoms with Crippen molar-refractivity contribution in [3.63, 3.8) is 0 Å². The summed E-state index contributed by atoms with van der Waals surface area (Å²) in [5, 5.41) is 19.1. The third-order valence-corrected chi connectivity index (χ3v) is 8.36. The van der Waals surface area contributed by atoms with Crippen LogP contribution in [0.1, 0.15) is 47.9 Å². The van der Waals surface area contributed by atoms with Crippen LogP contribution in [0.3, 0.4) is 0 Å². The van der Waals surface area contributed by atoms with Crippen LogP contribution < -0.4 is 9.47 Å². The van der Waals surface area contributed by atoms with Crippen molar-refractivity contribution in [2.24, 2.45) is 17.8 Å². The van der Waals surface area contributed by atoms with E-state index in [0.717, 1.165) is 17.2 Å². The number of aliphatic carboxylic acids is 1. The predicted octanol–water partition coefficient (Wildman–Crippen LogP) is 6.27. The fourth-order valence-corrected chi connectivity index (χ4v) is 6.39. The molecule has 3 atom stereocenters. The first-order valence-corrected chi connectivity index (χ1v) is 13.3. The molecule has 0 amide bonds. The van der Waals surface area contributed by atoms with Crippen molar-refractivity contribution in [3.8, 4) is 22.8 Å². The molecular weight excluding hydrogens is 568 g/mol. The Balaban J connectivity index is 1.23. The topological polar surface area (TPSA) is 88.9 Å². The van der Waals surface area contributed by atoms with Crippen LogP contribution in [0.2, 0.25) is 0 Å². The zero-order valence-corrected chi connectivity index (χ0v) is 22.1. The molecule has 0 bridgehead atoms. The standard InChI is InChI=1S/C30H25F6NO5/c1-29(40)8-13(9-29)11-42-27-22(32)4-15(5-23(27)33)17-3-16(21(31)7-20(17)30(34,35)36)12-41-24-6-14-2-18-25(19(14)10-37-24)26(18)28(38)39/h3-7,10,13,18,25-26,40H,2,8-9,11-12H2,1H3,(H,38,39)/t13-,18?,25?,26?,29+. The summed E-state index contributed by atoms with van der Waals surface area (Å²) in [7, 11) is 0. The monoisotopic (exact) mass is 593 g/mol. The van der Waals surface area contributed by atoms with Crippen molar-refractivity contribution >= 4 is 5.97 Å². The smallest absolute Gasteiger partial charge is 0.417 e. The highest BCUT2D eigenvalue weighted by atomic mass is 19.4. The number of carbonyl (C=O) groups is 1. The van der Waals surface area contributed by atoms with Crippen LogP contribution >= 0.6 is 0 Å². The van der Waals surface area contributed by atoms with E-state index in [2.05, 4.69) is 4.98 Å². The van der Waals surface area contributed by atoms with Gasteiger partial charge in [-0.1, -0.05) is 0 Å². The van der Waals surface area contributed by atoms with E-state index in [1.54, 1.807) is 13.0 Å². The molecule has 3 aromatic rings. The Labute approximate surface area is 235 Å². The van der Waals surface area contributed by atoms with Gasteiger partial charge in [-0.3, -0.25) is 4.79 Å². The highest BCUT2D eigenvalue weighted by Gasteiger charge is 2.60. The summed E-state index contributed by atoms with van der Waals surface area (Å²) >= 11 is 0. The molecule has 3 aliphatic carbocycles. The lowest BCUT2D eigenvalue weighted by Crippen LogP contribution is -2.43. The Hall–Kier alpha value is -3.80. The van der Waals surface area contributed by atoms with Gasteiger partial charge < -0.3 is 19.7 Å². The van der Waals surface area contributed by atoms with E-state index in [4.69, 9.17) is 9.47 Å². The second kappa shape index (κ2) is 9.89. The van der Waals surface area contributed by atoms with Gasteiger partial charge >= 0.3 is 12.1 Å². The lowest BCUT2D eigenvalue weighted by Gasteiger charge is -2.40. The van der Waals surface area contributed by atoms with Crippen LogP contribution in [-0.2, 0) is 24.0 Å². The summed E-state index contributed by atoms with van der Waals surface area (Å²) in [5.74, 6) is -5.91. The van der Waals surface area contributed by atoms with E-state index in [-0.39, 0.29) is 41.9 Å². The summed E-state index contributed by atoms with van der Waals surface area (Å²) in [6, 6.07) is 4.08. The van der Waals surface area contributed by atoms with Gasteiger partial charge in [0.15, 0.2) is 17.4 Å². The molecule has 2 saturated carbocycles. The van der Waals surface area contributed by atoms with E-state index < -0.39 is 70.2 Å². The molecule has 6 rings (SSSR count). The molecule has 0 spiro atoms. The summed E-state index contributed by atoms with van der Waals surface area (Å²) in [6.07, 6.45) is -2.24. The predicted molar refractivity (Wildman–Crippen MR) is 135 cm³/mol. The van der Waals surface area contributed by atoms with Crippen LogP contribution in [0.5, 0.6) is 11.6 Å². The van der Waals surface area contributed by atoms with Gasteiger partial charge in [0.2, 0.25) is 5.88 Å². The molecule has 2 aromatic carbocycles. The van der Waals surface area contributed by atoms with E-state index in [9.17, 15) is 41.4 Å². The average molecular weight is 594 g/mol. The van der Waals surface area contributed by atoms with Crippen LogP contribution in [0.25, 0.3) is 11.1 Å². The first kappa shape index (κ1) is 28.3. The SMILES string of the molecule is C[C@]1(O)C[C@@H](COc2c(F)cc(-c3cc(COc4cc5c(cn4)C4C(C5)C4C(=O)O)c(F)cc3C(F)(F)F)cc2F)C1. The highest BCUT2D eigenvalue weighted by molar-refractivity contribution is 5.77. The van der Waals surface area contributed by atoms with E-state index in [1.807, 2.05) is 0 Å². The number of alkyl halides is 3. The number of pyridine rings is 1. The Morgan fingerprint density at radius 3 is 2.36 bits per heavy atom. The van der Waals surface area contributed by atoms with Gasteiger partial charge in [0.05, 0.1) is 23.7 Å². The minimum atomic E-state index is -5.03. The Morgan fingerprint density at radius 1 is 1.05 bits per heavy atom. The molecule has 2 fully saturated rings. The number of ether oxygens (including phenoxy) is 2. The fraction of sp³-hybridized carbons (Fsp3) is 0.400. The van der Waals surface area contributed by atoms with Gasteiger partial charge in [0, 0.05) is 23.7 Å². The summed E-state index contributed by atoms with van der Waals surface area (Å²) in [4.78, 5) is 15.4. The number of rotatable bonds is 8. The molecule has 42 heavy (non-hydrogen) atoms. The molecule has 222 valence electrons. The minimum Gasteiger partial charge on any atom is -0.487 e. The molecule has 0 radical (unpaired) electrons. The van der Waals surface area contributed by atoms with Crippen LogP contribution in [0.15, 0.2) is 36.5 Å². The number of carboxylic acids is 1. The number of fused-ring (bicyclic) bond motifs is 3. The number of nitrogens with zero attached hydrogens (tertiary/aromatic N) is 1. The number of aromatic nitrogens is 1. The maximum atomic E-state index is 14.9. The number of hydrogen-bond acceptors (Lipinski definition) is 5. The van der Waals surface area contributed by atoms with Crippen LogP contribution in [0.4, 0.5) is 26.3 Å². The largest absolute Gasteiger partial charge is 0.487 e. The van der Waals surface area contributed by atoms with E-state index in [1.165, 1.54) is 6.20 Å². The number of carboxylic acid groups (broad SMARTS) is 1. The van der Waals surface area contributed by atoms with E-state index in [0.29, 0.717) is 31.4 Å². The van der Waals surface area contributed by atoms with Gasteiger partial charge in [0.1, 0.15) is 12.4 Å². The third kappa shape index (κ3) is 5.16. The first-order valence-electron chi connectivity index (χ1n) is 13.3. The van der Waals surface area contributed by atoms with Crippen molar-refractivity contribution in [2.45, 2.75) is 50.5 Å². The lowest BCUT2D eigenvalue weighted by atomic mass is 9.73. The third-order valence-electron chi connectivity index (χ3n) is 8.36. The minimum absolute atomic E-state index is 0.0170. The zero-order chi connectivity index (χ0) is 30.1. The summed E-state index contributed by atoms with van der Waals surface area (Å²) in [6.45, 7) is 1.03. The van der Waals surface area contributed by atoms with Crippen molar-refractivity contribution < 1.29 is 50.8 Å². The first-order chi connectivity index (χ1) is 19.7. The van der Waals surface area contributed by atoms with Gasteiger partial charge in [-0.25, -0.2) is 18.2 Å².